The summed E-state index contributed by atoms with van der Waals surface area (Å²) >= 11 is 6.12. The normalized spacial score (nSPS) is 22.6. The van der Waals surface area contributed by atoms with Crippen molar-refractivity contribution in [3.05, 3.63) is 70.2 Å². The van der Waals surface area contributed by atoms with Crippen LogP contribution in [0.2, 0.25) is 5.02 Å². The lowest BCUT2D eigenvalue weighted by Gasteiger charge is -2.32. The van der Waals surface area contributed by atoms with Gasteiger partial charge in [-0.25, -0.2) is 0 Å². The van der Waals surface area contributed by atoms with Crippen LogP contribution in [0, 0.1) is 11.8 Å². The summed E-state index contributed by atoms with van der Waals surface area (Å²) in [6.45, 7) is 9.08. The highest BCUT2D eigenvalue weighted by molar-refractivity contribution is 6.30. The molecule has 4 rings (SSSR count). The average molecular weight is 454 g/mol. The minimum absolute atomic E-state index is 0.0586. The van der Waals surface area contributed by atoms with Gasteiger partial charge < -0.3 is 5.32 Å². The Kier molecular flexibility index (Phi) is 8.23. The molecule has 0 saturated carbocycles. The molecular formula is C27H36ClN3O. The number of likely N-dealkylation sites (tertiary alicyclic amines) is 2. The summed E-state index contributed by atoms with van der Waals surface area (Å²) in [7, 11) is 0. The van der Waals surface area contributed by atoms with Crippen molar-refractivity contribution in [2.24, 2.45) is 11.8 Å². The number of nitrogens with one attached hydrogen (secondary N) is 1. The Balaban J connectivity index is 1.23. The Morgan fingerprint density at radius 1 is 0.938 bits per heavy atom. The maximum absolute atomic E-state index is 12.8. The van der Waals surface area contributed by atoms with Crippen molar-refractivity contribution in [2.45, 2.75) is 52.2 Å². The first kappa shape index (κ1) is 23.3. The molecule has 2 aromatic rings. The van der Waals surface area contributed by atoms with Gasteiger partial charge in [0.2, 0.25) is 5.91 Å². The van der Waals surface area contributed by atoms with E-state index >= 15 is 0 Å². The zero-order chi connectivity index (χ0) is 22.3. The zero-order valence-electron chi connectivity index (χ0n) is 19.2. The van der Waals surface area contributed by atoms with Crippen LogP contribution < -0.4 is 5.32 Å². The first-order valence-electron chi connectivity index (χ1n) is 12.1. The molecule has 2 aliphatic rings. The van der Waals surface area contributed by atoms with Crippen LogP contribution in [0.1, 0.15) is 49.3 Å². The third-order valence-corrected chi connectivity index (χ3v) is 7.04. The van der Waals surface area contributed by atoms with Crippen LogP contribution in [0.4, 0.5) is 0 Å². The highest BCUT2D eigenvalue weighted by Gasteiger charge is 2.25. The lowest BCUT2D eigenvalue weighted by molar-refractivity contribution is -0.126. The fourth-order valence-corrected chi connectivity index (χ4v) is 5.30. The lowest BCUT2D eigenvalue weighted by atomic mass is 9.96. The van der Waals surface area contributed by atoms with Crippen LogP contribution in [-0.4, -0.2) is 41.9 Å². The Morgan fingerprint density at radius 2 is 1.62 bits per heavy atom. The largest absolute Gasteiger partial charge is 0.352 e. The number of benzene rings is 2. The highest BCUT2D eigenvalue weighted by atomic mass is 35.5. The number of halogens is 1. The van der Waals surface area contributed by atoms with E-state index in [-0.39, 0.29) is 11.8 Å². The van der Waals surface area contributed by atoms with Gasteiger partial charge in [-0.3, -0.25) is 14.6 Å². The van der Waals surface area contributed by atoms with E-state index in [0.717, 1.165) is 50.0 Å². The molecule has 2 fully saturated rings. The topological polar surface area (TPSA) is 35.6 Å². The number of carbonyl (C=O) groups is 1. The molecule has 0 aromatic heterocycles. The molecule has 2 heterocycles. The van der Waals surface area contributed by atoms with Gasteiger partial charge in [-0.15, -0.1) is 0 Å². The van der Waals surface area contributed by atoms with E-state index in [1.807, 2.05) is 18.2 Å². The van der Waals surface area contributed by atoms with Gasteiger partial charge in [0.25, 0.3) is 0 Å². The summed E-state index contributed by atoms with van der Waals surface area (Å²) in [5.41, 5.74) is 3.73. The maximum atomic E-state index is 12.8. The van der Waals surface area contributed by atoms with E-state index in [1.54, 1.807) is 0 Å². The quantitative estimate of drug-likeness (QED) is 0.633. The molecule has 2 unspecified atom stereocenters. The minimum Gasteiger partial charge on any atom is -0.352 e. The van der Waals surface area contributed by atoms with Crippen molar-refractivity contribution in [1.29, 1.82) is 0 Å². The summed E-state index contributed by atoms with van der Waals surface area (Å²) < 4.78 is 0. The molecule has 1 N–H and O–H groups in total. The zero-order valence-corrected chi connectivity index (χ0v) is 20.0. The van der Waals surface area contributed by atoms with E-state index in [9.17, 15) is 4.79 Å². The van der Waals surface area contributed by atoms with Crippen LogP contribution in [0.3, 0.4) is 0 Å². The molecule has 2 saturated heterocycles. The summed E-state index contributed by atoms with van der Waals surface area (Å²) in [4.78, 5) is 17.7. The highest BCUT2D eigenvalue weighted by Crippen LogP contribution is 2.21. The molecule has 2 aromatic carbocycles. The van der Waals surface area contributed by atoms with Gasteiger partial charge in [-0.05, 0) is 73.5 Å². The van der Waals surface area contributed by atoms with E-state index in [2.05, 4.69) is 52.4 Å². The Labute approximate surface area is 197 Å². The molecule has 4 nitrogen and oxygen atoms in total. The maximum Gasteiger partial charge on any atom is 0.224 e. The molecule has 172 valence electrons. The fourth-order valence-electron chi connectivity index (χ4n) is 5.09. The van der Waals surface area contributed by atoms with Gasteiger partial charge in [0.05, 0.1) is 5.92 Å². The number of hydrogen-bond acceptors (Lipinski definition) is 3. The summed E-state index contributed by atoms with van der Waals surface area (Å²) in [6, 6.07) is 16.8. The Morgan fingerprint density at radius 3 is 2.38 bits per heavy atom. The summed E-state index contributed by atoms with van der Waals surface area (Å²) in [6.07, 6.45) is 4.69. The smallest absolute Gasteiger partial charge is 0.224 e. The Hall–Kier alpha value is -1.88. The van der Waals surface area contributed by atoms with Crippen LogP contribution in [-0.2, 0) is 24.4 Å². The standard InChI is InChI=1S/C27H36ClN3O/c1-21-5-3-13-30(17-21)18-23-11-9-22(10-12-23)16-29-27(32)25-7-4-14-31(20-25)19-24-6-2-8-26(28)15-24/h2,6,8-12,15,21,25H,3-5,7,13-14,16-20H2,1H3,(H,29,32). The van der Waals surface area contributed by atoms with Crippen molar-refractivity contribution in [3.8, 4) is 0 Å². The molecule has 0 aliphatic carbocycles. The lowest BCUT2D eigenvalue weighted by Crippen LogP contribution is -2.42. The molecule has 2 aliphatic heterocycles. The van der Waals surface area contributed by atoms with Crippen LogP contribution in [0.15, 0.2) is 48.5 Å². The third-order valence-electron chi connectivity index (χ3n) is 6.81. The van der Waals surface area contributed by atoms with Crippen LogP contribution in [0.25, 0.3) is 0 Å². The van der Waals surface area contributed by atoms with E-state index in [1.165, 1.54) is 42.6 Å². The molecule has 1 amide bonds. The third kappa shape index (κ3) is 6.81. The first-order chi connectivity index (χ1) is 15.5. The molecule has 0 spiro atoms. The molecule has 0 bridgehead atoms. The second kappa shape index (κ2) is 11.3. The van der Waals surface area contributed by atoms with Gasteiger partial charge in [0.1, 0.15) is 0 Å². The first-order valence-corrected chi connectivity index (χ1v) is 12.5. The van der Waals surface area contributed by atoms with Gasteiger partial charge in [-0.2, -0.15) is 0 Å². The SMILES string of the molecule is CC1CCCN(Cc2ccc(CNC(=O)C3CCCN(Cc4cccc(Cl)c4)C3)cc2)C1. The monoisotopic (exact) mass is 453 g/mol. The molecular weight excluding hydrogens is 418 g/mol. The van der Waals surface area contributed by atoms with E-state index in [0.29, 0.717) is 6.54 Å². The number of rotatable bonds is 7. The van der Waals surface area contributed by atoms with Crippen molar-refractivity contribution < 1.29 is 4.79 Å². The van der Waals surface area contributed by atoms with Gasteiger partial charge in [-0.1, -0.05) is 54.9 Å². The van der Waals surface area contributed by atoms with Crippen LogP contribution in [0.5, 0.6) is 0 Å². The number of amides is 1. The van der Waals surface area contributed by atoms with Gasteiger partial charge >= 0.3 is 0 Å². The predicted octanol–water partition coefficient (Wildman–Crippen LogP) is 5.10. The second-order valence-corrected chi connectivity index (χ2v) is 10.2. The predicted molar refractivity (Wildman–Crippen MR) is 131 cm³/mol. The second-order valence-electron chi connectivity index (χ2n) is 9.72. The number of carbonyl (C=O) groups excluding carboxylic acids is 1. The van der Waals surface area contributed by atoms with Gasteiger partial charge in [0.15, 0.2) is 0 Å². The van der Waals surface area contributed by atoms with Crippen molar-refractivity contribution in [3.63, 3.8) is 0 Å². The average Bonchev–Trinajstić information content (AvgIpc) is 2.79. The molecule has 32 heavy (non-hydrogen) atoms. The van der Waals surface area contributed by atoms with Gasteiger partial charge in [0, 0.05) is 37.7 Å². The number of piperidine rings is 2. The summed E-state index contributed by atoms with van der Waals surface area (Å²) in [5, 5.41) is 3.94. The Bertz CT molecular complexity index is 885. The molecule has 0 radical (unpaired) electrons. The van der Waals surface area contributed by atoms with Crippen molar-refractivity contribution in [2.75, 3.05) is 26.2 Å². The summed E-state index contributed by atoms with van der Waals surface area (Å²) in [5.74, 6) is 1.04. The number of nitrogens with zero attached hydrogens (tertiary/aromatic N) is 2. The van der Waals surface area contributed by atoms with E-state index < -0.39 is 0 Å². The van der Waals surface area contributed by atoms with Crippen molar-refractivity contribution >= 4 is 17.5 Å². The minimum atomic E-state index is 0.0586. The molecule has 2 atom stereocenters. The van der Waals surface area contributed by atoms with E-state index in [4.69, 9.17) is 11.6 Å². The van der Waals surface area contributed by atoms with Crippen molar-refractivity contribution in [1.82, 2.24) is 15.1 Å². The number of hydrogen-bond donors (Lipinski definition) is 1. The van der Waals surface area contributed by atoms with Crippen LogP contribution >= 0.6 is 11.6 Å². The molecule has 5 heteroatoms. The fraction of sp³-hybridized carbons (Fsp3) is 0.519.